The van der Waals surface area contributed by atoms with Crippen LogP contribution in [0.1, 0.15) is 10.4 Å². The molecule has 2 rings (SSSR count). The number of hydrogen-bond acceptors (Lipinski definition) is 4. The Kier molecular flexibility index (Phi) is 3.40. The number of benzene rings is 1. The van der Waals surface area contributed by atoms with Gasteiger partial charge < -0.3 is 0 Å². The quantitative estimate of drug-likeness (QED) is 0.671. The lowest BCUT2D eigenvalue weighted by Crippen LogP contribution is -1.85. The van der Waals surface area contributed by atoms with Crippen molar-refractivity contribution in [2.45, 2.75) is 6.42 Å². The van der Waals surface area contributed by atoms with E-state index < -0.39 is 0 Å². The molecular formula is C11H8ClN3S. The molecule has 0 bridgehead atoms. The summed E-state index contributed by atoms with van der Waals surface area (Å²) in [6.07, 6.45) is 4.34. The second kappa shape index (κ2) is 4.97. The Balaban J connectivity index is 2.15. The van der Waals surface area contributed by atoms with Gasteiger partial charge in [0.15, 0.2) is 11.3 Å². The fraction of sp³-hybridized carbons (Fsp3) is 0.0909. The first-order chi connectivity index (χ1) is 7.79. The van der Waals surface area contributed by atoms with Gasteiger partial charge in [0.25, 0.3) is 0 Å². The summed E-state index contributed by atoms with van der Waals surface area (Å²) in [5.74, 6) is 0. The van der Waals surface area contributed by atoms with Crippen LogP contribution in [-0.2, 0) is 6.42 Å². The van der Waals surface area contributed by atoms with Crippen molar-refractivity contribution in [3.8, 4) is 6.19 Å². The van der Waals surface area contributed by atoms with Crippen molar-refractivity contribution in [1.82, 2.24) is 4.98 Å². The first-order valence-electron chi connectivity index (χ1n) is 4.63. The third kappa shape index (κ3) is 2.51. The molecule has 1 aromatic heterocycles. The average molecular weight is 250 g/mol. The first-order valence-corrected chi connectivity index (χ1v) is 5.82. The SMILES string of the molecule is N#CNc1ncc(Cc2ccccc2Cl)s1. The molecule has 0 saturated heterocycles. The Morgan fingerprint density at radius 1 is 1.44 bits per heavy atom. The molecule has 0 unspecified atom stereocenters. The van der Waals surface area contributed by atoms with Crippen LogP contribution < -0.4 is 5.32 Å². The average Bonchev–Trinajstić information content (AvgIpc) is 2.70. The van der Waals surface area contributed by atoms with E-state index in [0.717, 1.165) is 21.9 Å². The van der Waals surface area contributed by atoms with E-state index in [1.54, 1.807) is 6.20 Å². The van der Waals surface area contributed by atoms with Gasteiger partial charge in [-0.25, -0.2) is 4.98 Å². The van der Waals surface area contributed by atoms with E-state index in [2.05, 4.69) is 10.3 Å². The summed E-state index contributed by atoms with van der Waals surface area (Å²) < 4.78 is 0. The summed E-state index contributed by atoms with van der Waals surface area (Å²) in [6.45, 7) is 0. The minimum absolute atomic E-state index is 0.615. The molecule has 3 nitrogen and oxygen atoms in total. The molecule has 2 aromatic rings. The van der Waals surface area contributed by atoms with Gasteiger partial charge in [-0.05, 0) is 11.6 Å². The predicted molar refractivity (Wildman–Crippen MR) is 65.6 cm³/mol. The van der Waals surface area contributed by atoms with Crippen molar-refractivity contribution >= 4 is 28.1 Å². The van der Waals surface area contributed by atoms with Gasteiger partial charge in [0.1, 0.15) is 0 Å². The number of nitriles is 1. The Bertz CT molecular complexity index is 530. The van der Waals surface area contributed by atoms with E-state index in [-0.39, 0.29) is 0 Å². The lowest BCUT2D eigenvalue weighted by atomic mass is 10.1. The van der Waals surface area contributed by atoms with Crippen molar-refractivity contribution in [2.75, 3.05) is 5.32 Å². The lowest BCUT2D eigenvalue weighted by Gasteiger charge is -2.00. The number of anilines is 1. The topological polar surface area (TPSA) is 48.7 Å². The largest absolute Gasteiger partial charge is 0.268 e. The Hall–Kier alpha value is -1.57. The maximum Gasteiger partial charge on any atom is 0.196 e. The van der Waals surface area contributed by atoms with Gasteiger partial charge in [-0.2, -0.15) is 5.26 Å². The third-order valence-corrected chi connectivity index (χ3v) is 3.32. The van der Waals surface area contributed by atoms with E-state index in [9.17, 15) is 0 Å². The van der Waals surface area contributed by atoms with E-state index >= 15 is 0 Å². The molecule has 0 spiro atoms. The zero-order valence-electron chi connectivity index (χ0n) is 8.27. The van der Waals surface area contributed by atoms with Crippen molar-refractivity contribution in [2.24, 2.45) is 0 Å². The third-order valence-electron chi connectivity index (χ3n) is 2.04. The number of halogens is 1. The van der Waals surface area contributed by atoms with Crippen LogP contribution in [0, 0.1) is 11.5 Å². The van der Waals surface area contributed by atoms with Crippen LogP contribution in [0.3, 0.4) is 0 Å². The summed E-state index contributed by atoms with van der Waals surface area (Å²) in [6, 6.07) is 7.71. The number of aromatic nitrogens is 1. The maximum atomic E-state index is 8.45. The molecule has 0 aliphatic rings. The Morgan fingerprint density at radius 3 is 3.00 bits per heavy atom. The van der Waals surface area contributed by atoms with Crippen LogP contribution in [0.25, 0.3) is 0 Å². The highest BCUT2D eigenvalue weighted by Crippen LogP contribution is 2.24. The number of thiazole rings is 1. The molecule has 0 aliphatic carbocycles. The summed E-state index contributed by atoms with van der Waals surface area (Å²) in [5, 5.41) is 12.3. The van der Waals surface area contributed by atoms with Crippen molar-refractivity contribution in [1.29, 1.82) is 5.26 Å². The van der Waals surface area contributed by atoms with Crippen LogP contribution in [0.4, 0.5) is 5.13 Å². The zero-order valence-corrected chi connectivity index (χ0v) is 9.85. The standard InChI is InChI=1S/C11H8ClN3S/c12-10-4-2-1-3-8(10)5-9-6-14-11(16-9)15-7-13/h1-4,6H,5H2,(H,14,15). The fourth-order valence-corrected chi connectivity index (χ4v) is 2.31. The molecular weight excluding hydrogens is 242 g/mol. The van der Waals surface area contributed by atoms with Gasteiger partial charge >= 0.3 is 0 Å². The number of nitrogens with one attached hydrogen (secondary N) is 1. The smallest absolute Gasteiger partial charge is 0.196 e. The highest BCUT2D eigenvalue weighted by atomic mass is 35.5. The zero-order chi connectivity index (χ0) is 11.4. The molecule has 0 atom stereocenters. The van der Waals surface area contributed by atoms with Gasteiger partial charge in [0.05, 0.1) is 0 Å². The van der Waals surface area contributed by atoms with Gasteiger partial charge in [0.2, 0.25) is 0 Å². The number of nitrogens with zero attached hydrogens (tertiary/aromatic N) is 2. The van der Waals surface area contributed by atoms with Crippen LogP contribution in [-0.4, -0.2) is 4.98 Å². The van der Waals surface area contributed by atoms with E-state index in [1.807, 2.05) is 30.5 Å². The highest BCUT2D eigenvalue weighted by Gasteiger charge is 2.04. The molecule has 1 N–H and O–H groups in total. The van der Waals surface area contributed by atoms with E-state index in [0.29, 0.717) is 5.13 Å². The summed E-state index contributed by atoms with van der Waals surface area (Å²) >= 11 is 7.52. The van der Waals surface area contributed by atoms with Gasteiger partial charge in [-0.3, -0.25) is 5.32 Å². The fourth-order valence-electron chi connectivity index (χ4n) is 1.32. The number of rotatable bonds is 3. The van der Waals surface area contributed by atoms with Crippen molar-refractivity contribution in [3.05, 3.63) is 45.9 Å². The minimum Gasteiger partial charge on any atom is -0.268 e. The molecule has 0 saturated carbocycles. The molecule has 1 heterocycles. The number of hydrogen-bond donors (Lipinski definition) is 1. The molecule has 0 aliphatic heterocycles. The van der Waals surface area contributed by atoms with E-state index in [1.165, 1.54) is 11.3 Å². The minimum atomic E-state index is 0.615. The van der Waals surface area contributed by atoms with E-state index in [4.69, 9.17) is 16.9 Å². The highest BCUT2D eigenvalue weighted by molar-refractivity contribution is 7.15. The normalized spacial score (nSPS) is 9.75. The molecule has 5 heteroatoms. The lowest BCUT2D eigenvalue weighted by molar-refractivity contribution is 1.22. The van der Waals surface area contributed by atoms with Gasteiger partial charge in [0, 0.05) is 22.5 Å². The molecule has 16 heavy (non-hydrogen) atoms. The van der Waals surface area contributed by atoms with Gasteiger partial charge in [-0.1, -0.05) is 29.8 Å². The molecule has 0 fully saturated rings. The second-order valence-corrected chi connectivity index (χ2v) is 4.66. The van der Waals surface area contributed by atoms with Crippen LogP contribution in [0.2, 0.25) is 5.02 Å². The summed E-state index contributed by atoms with van der Waals surface area (Å²) in [4.78, 5) is 5.15. The predicted octanol–water partition coefficient (Wildman–Crippen LogP) is 3.28. The second-order valence-electron chi connectivity index (χ2n) is 3.14. The molecule has 0 radical (unpaired) electrons. The first kappa shape index (κ1) is 10.9. The maximum absolute atomic E-state index is 8.45. The Morgan fingerprint density at radius 2 is 2.25 bits per heavy atom. The summed E-state index contributed by atoms with van der Waals surface area (Å²) in [5.41, 5.74) is 1.07. The van der Waals surface area contributed by atoms with Crippen LogP contribution in [0.5, 0.6) is 0 Å². The molecule has 1 aromatic carbocycles. The van der Waals surface area contributed by atoms with Crippen LogP contribution >= 0.6 is 22.9 Å². The Labute approximate surface area is 102 Å². The van der Waals surface area contributed by atoms with Crippen molar-refractivity contribution in [3.63, 3.8) is 0 Å². The van der Waals surface area contributed by atoms with Crippen LogP contribution in [0.15, 0.2) is 30.5 Å². The summed E-state index contributed by atoms with van der Waals surface area (Å²) in [7, 11) is 0. The van der Waals surface area contributed by atoms with Crippen molar-refractivity contribution < 1.29 is 0 Å². The molecule has 0 amide bonds. The monoisotopic (exact) mass is 249 g/mol. The molecule has 80 valence electrons. The van der Waals surface area contributed by atoms with Gasteiger partial charge in [-0.15, -0.1) is 11.3 Å².